The Morgan fingerprint density at radius 2 is 1.98 bits per heavy atom. The van der Waals surface area contributed by atoms with Crippen LogP contribution < -0.4 is 5.73 Å². The fourth-order valence-electron chi connectivity index (χ4n) is 6.18. The van der Waals surface area contributed by atoms with Crippen molar-refractivity contribution in [3.8, 4) is 17.3 Å². The Morgan fingerprint density at radius 1 is 1.19 bits per heavy atom. The number of anilines is 1. The number of hydrogen-bond acceptors (Lipinski definition) is 8. The Bertz CT molecular complexity index is 1700. The summed E-state index contributed by atoms with van der Waals surface area (Å²) in [5, 5.41) is 9.03. The number of nitrogen functional groups attached to an aromatic ring is 1. The van der Waals surface area contributed by atoms with E-state index in [2.05, 4.69) is 16.0 Å². The number of rotatable bonds is 8. The number of aromatic nitrogens is 4. The zero-order valence-electron chi connectivity index (χ0n) is 24.5. The van der Waals surface area contributed by atoms with Crippen molar-refractivity contribution in [2.75, 3.05) is 32.0 Å². The first-order chi connectivity index (χ1) is 20.8. The standard InChI is InChI=1S/C33H35N7O3/c1-3-22(15-26-11-6-21(16-34)17-37-26)29(41)24-9-7-23(8-10-24)27-28-30(35)36-12-14-40(28)31(38-27)25-5-4-13-39(18-25)32(42)33(2)19-43-20-33/h6-12,14,17,22,25H,3-5,13,15,18-20H2,1-2H3,(H2,35,36). The first-order valence-corrected chi connectivity index (χ1v) is 14.8. The van der Waals surface area contributed by atoms with Gasteiger partial charge in [-0.15, -0.1) is 0 Å². The van der Waals surface area contributed by atoms with Gasteiger partial charge in [0.1, 0.15) is 28.9 Å². The molecule has 2 aliphatic rings. The predicted octanol–water partition coefficient (Wildman–Crippen LogP) is 4.44. The van der Waals surface area contributed by atoms with Crippen LogP contribution in [0.1, 0.15) is 66.5 Å². The van der Waals surface area contributed by atoms with Crippen LogP contribution in [0.5, 0.6) is 0 Å². The molecular formula is C33H35N7O3. The minimum Gasteiger partial charge on any atom is -0.382 e. The van der Waals surface area contributed by atoms with Crippen LogP contribution in [0.4, 0.5) is 5.82 Å². The molecule has 0 radical (unpaired) electrons. The van der Waals surface area contributed by atoms with E-state index in [1.807, 2.05) is 53.6 Å². The second-order valence-corrected chi connectivity index (χ2v) is 11.9. The van der Waals surface area contributed by atoms with E-state index in [9.17, 15) is 9.59 Å². The number of likely N-dealkylation sites (tertiary alicyclic amines) is 1. The first-order valence-electron chi connectivity index (χ1n) is 14.8. The van der Waals surface area contributed by atoms with Crippen LogP contribution in [-0.4, -0.2) is 62.2 Å². The summed E-state index contributed by atoms with van der Waals surface area (Å²) in [5.41, 5.74) is 10.1. The molecule has 0 bridgehead atoms. The molecule has 5 heterocycles. The second kappa shape index (κ2) is 11.6. The molecular weight excluding hydrogens is 542 g/mol. The molecule has 2 atom stereocenters. The normalized spacial score (nSPS) is 18.5. The van der Waals surface area contributed by atoms with E-state index in [0.717, 1.165) is 42.0 Å². The van der Waals surface area contributed by atoms with Crippen LogP contribution >= 0.6 is 0 Å². The maximum Gasteiger partial charge on any atom is 0.233 e. The van der Waals surface area contributed by atoms with Crippen LogP contribution in [0, 0.1) is 22.7 Å². The van der Waals surface area contributed by atoms with Gasteiger partial charge in [-0.25, -0.2) is 9.97 Å². The van der Waals surface area contributed by atoms with E-state index < -0.39 is 5.41 Å². The first kappa shape index (κ1) is 28.5. The van der Waals surface area contributed by atoms with Crippen molar-refractivity contribution in [3.63, 3.8) is 0 Å². The molecule has 2 aliphatic heterocycles. The zero-order chi connectivity index (χ0) is 30.1. The van der Waals surface area contributed by atoms with Gasteiger partial charge in [0, 0.05) is 60.3 Å². The number of fused-ring (bicyclic) bond motifs is 1. The molecule has 10 heteroatoms. The number of ether oxygens (including phenoxy) is 1. The Kier molecular flexibility index (Phi) is 7.67. The number of Topliss-reactive ketones (excluding diaryl/α,β-unsaturated/α-hetero) is 1. The topological polar surface area (TPSA) is 140 Å². The number of carbonyl (C=O) groups is 2. The molecule has 6 rings (SSSR count). The lowest BCUT2D eigenvalue weighted by molar-refractivity contribution is -0.169. The maximum atomic E-state index is 13.4. The quantitative estimate of drug-likeness (QED) is 0.303. The molecule has 43 heavy (non-hydrogen) atoms. The van der Waals surface area contributed by atoms with Crippen LogP contribution in [0.25, 0.3) is 16.8 Å². The Labute approximate surface area is 250 Å². The molecule has 3 aromatic heterocycles. The molecule has 2 N–H and O–H groups in total. The highest BCUT2D eigenvalue weighted by molar-refractivity contribution is 5.98. The highest BCUT2D eigenvalue weighted by atomic mass is 16.5. The third-order valence-corrected chi connectivity index (χ3v) is 8.76. The maximum absolute atomic E-state index is 13.4. The van der Waals surface area contributed by atoms with Crippen molar-refractivity contribution in [1.29, 1.82) is 5.26 Å². The lowest BCUT2D eigenvalue weighted by atomic mass is 9.85. The van der Waals surface area contributed by atoms with Gasteiger partial charge in [-0.1, -0.05) is 31.2 Å². The smallest absolute Gasteiger partial charge is 0.233 e. The summed E-state index contributed by atoms with van der Waals surface area (Å²) in [6.45, 7) is 6.23. The second-order valence-electron chi connectivity index (χ2n) is 11.9. The van der Waals surface area contributed by atoms with Gasteiger partial charge in [-0.3, -0.25) is 19.0 Å². The van der Waals surface area contributed by atoms with Crippen LogP contribution in [0.3, 0.4) is 0 Å². The van der Waals surface area contributed by atoms with Gasteiger partial charge < -0.3 is 15.4 Å². The SMILES string of the molecule is CCC(Cc1ccc(C#N)cn1)C(=O)c1ccc(-c2nc(C3CCCN(C(=O)C4(C)COC4)C3)n3ccnc(N)c23)cc1. The number of nitrogens with zero attached hydrogens (tertiary/aromatic N) is 6. The molecule has 1 amide bonds. The lowest BCUT2D eigenvalue weighted by Crippen LogP contribution is -2.55. The van der Waals surface area contributed by atoms with E-state index in [4.69, 9.17) is 20.7 Å². The van der Waals surface area contributed by atoms with Gasteiger partial charge in [0.05, 0.1) is 24.2 Å². The van der Waals surface area contributed by atoms with Gasteiger partial charge in [-0.2, -0.15) is 5.26 Å². The van der Waals surface area contributed by atoms with Gasteiger partial charge in [0.25, 0.3) is 0 Å². The molecule has 2 fully saturated rings. The fourth-order valence-corrected chi connectivity index (χ4v) is 6.18. The molecule has 0 spiro atoms. The zero-order valence-corrected chi connectivity index (χ0v) is 24.5. The molecule has 1 aromatic carbocycles. The number of imidazole rings is 1. The van der Waals surface area contributed by atoms with Gasteiger partial charge in [0.2, 0.25) is 5.91 Å². The average Bonchev–Trinajstić information content (AvgIpc) is 3.43. The van der Waals surface area contributed by atoms with Crippen LogP contribution in [-0.2, 0) is 16.0 Å². The van der Waals surface area contributed by atoms with E-state index >= 15 is 0 Å². The summed E-state index contributed by atoms with van der Waals surface area (Å²) in [5.74, 6) is 1.25. The number of ketones is 1. The number of amides is 1. The Balaban J connectivity index is 1.26. The molecule has 4 aromatic rings. The van der Waals surface area contributed by atoms with Crippen molar-refractivity contribution < 1.29 is 14.3 Å². The molecule has 10 nitrogen and oxygen atoms in total. The number of pyridine rings is 1. The highest BCUT2D eigenvalue weighted by Crippen LogP contribution is 2.36. The number of piperidine rings is 1. The van der Waals surface area contributed by atoms with Crippen molar-refractivity contribution in [1.82, 2.24) is 24.3 Å². The molecule has 220 valence electrons. The minimum absolute atomic E-state index is 0.0485. The summed E-state index contributed by atoms with van der Waals surface area (Å²) >= 11 is 0. The summed E-state index contributed by atoms with van der Waals surface area (Å²) < 4.78 is 7.34. The number of carbonyl (C=O) groups excluding carboxylic acids is 2. The van der Waals surface area contributed by atoms with Crippen molar-refractivity contribution >= 4 is 23.0 Å². The summed E-state index contributed by atoms with van der Waals surface area (Å²) in [4.78, 5) is 42.4. The van der Waals surface area contributed by atoms with Crippen molar-refractivity contribution in [3.05, 3.63) is 77.6 Å². The average molecular weight is 578 g/mol. The number of benzene rings is 1. The number of hydrogen-bond donors (Lipinski definition) is 1. The molecule has 2 unspecified atom stereocenters. The van der Waals surface area contributed by atoms with Gasteiger partial charge in [0.15, 0.2) is 5.78 Å². The molecule has 0 aliphatic carbocycles. The van der Waals surface area contributed by atoms with Gasteiger partial charge >= 0.3 is 0 Å². The van der Waals surface area contributed by atoms with E-state index in [1.165, 1.54) is 6.20 Å². The van der Waals surface area contributed by atoms with Crippen molar-refractivity contribution in [2.45, 2.75) is 45.4 Å². The molecule has 2 saturated heterocycles. The summed E-state index contributed by atoms with van der Waals surface area (Å²) in [6, 6.07) is 13.1. The number of nitriles is 1. The predicted molar refractivity (Wildman–Crippen MR) is 161 cm³/mol. The van der Waals surface area contributed by atoms with Crippen LogP contribution in [0.2, 0.25) is 0 Å². The highest BCUT2D eigenvalue weighted by Gasteiger charge is 2.44. The van der Waals surface area contributed by atoms with E-state index in [0.29, 0.717) is 55.2 Å². The minimum atomic E-state index is -0.440. The largest absolute Gasteiger partial charge is 0.382 e. The summed E-state index contributed by atoms with van der Waals surface area (Å²) in [7, 11) is 0. The van der Waals surface area contributed by atoms with E-state index in [-0.39, 0.29) is 23.5 Å². The lowest BCUT2D eigenvalue weighted by Gasteiger charge is -2.42. The van der Waals surface area contributed by atoms with Gasteiger partial charge in [-0.05, 0) is 44.7 Å². The van der Waals surface area contributed by atoms with Crippen LogP contribution in [0.15, 0.2) is 55.0 Å². The third-order valence-electron chi connectivity index (χ3n) is 8.76. The fraction of sp³-hybridized carbons (Fsp3) is 0.394. The Morgan fingerprint density at radius 3 is 2.63 bits per heavy atom. The van der Waals surface area contributed by atoms with Crippen molar-refractivity contribution in [2.24, 2.45) is 11.3 Å². The molecule has 0 saturated carbocycles. The Hall–Kier alpha value is -4.62. The third kappa shape index (κ3) is 5.37. The summed E-state index contributed by atoms with van der Waals surface area (Å²) in [6.07, 6.45) is 8.08. The monoisotopic (exact) mass is 577 g/mol. The van der Waals surface area contributed by atoms with E-state index in [1.54, 1.807) is 18.3 Å². The number of nitrogens with two attached hydrogens (primary N) is 1.